The fourth-order valence-corrected chi connectivity index (χ4v) is 5.22. The van der Waals surface area contributed by atoms with Crippen molar-refractivity contribution < 1.29 is 23.9 Å². The number of imide groups is 1. The summed E-state index contributed by atoms with van der Waals surface area (Å²) in [6, 6.07) is 13.1. The Morgan fingerprint density at radius 2 is 1.83 bits per heavy atom. The molecule has 2 N–H and O–H groups in total. The number of nitrogens with zero attached hydrogens (tertiary/aromatic N) is 2. The number of piperazine rings is 1. The van der Waals surface area contributed by atoms with E-state index in [0.717, 1.165) is 37.3 Å². The summed E-state index contributed by atoms with van der Waals surface area (Å²) in [4.78, 5) is 40.7. The van der Waals surface area contributed by atoms with E-state index in [0.29, 0.717) is 30.9 Å². The van der Waals surface area contributed by atoms with Gasteiger partial charge in [-0.3, -0.25) is 24.6 Å². The maximum absolute atomic E-state index is 13.0. The van der Waals surface area contributed by atoms with Crippen LogP contribution in [0, 0.1) is 0 Å². The van der Waals surface area contributed by atoms with Gasteiger partial charge in [0, 0.05) is 43.7 Å². The molecule has 0 bridgehead atoms. The van der Waals surface area contributed by atoms with Gasteiger partial charge in [0.25, 0.3) is 5.91 Å². The van der Waals surface area contributed by atoms with Gasteiger partial charge in [-0.1, -0.05) is 30.3 Å². The summed E-state index contributed by atoms with van der Waals surface area (Å²) in [5, 5.41) is 5.70. The van der Waals surface area contributed by atoms with Gasteiger partial charge in [0.05, 0.1) is 6.54 Å². The van der Waals surface area contributed by atoms with Gasteiger partial charge in [0.15, 0.2) is 0 Å². The first-order valence-electron chi connectivity index (χ1n) is 12.2. The molecule has 3 saturated heterocycles. The molecule has 9 heteroatoms. The van der Waals surface area contributed by atoms with Gasteiger partial charge >= 0.3 is 0 Å². The topological polar surface area (TPSA) is 104 Å². The van der Waals surface area contributed by atoms with Crippen LogP contribution in [0.5, 0.6) is 5.75 Å². The standard InChI is InChI=1S/C26H28N4O5/c31-22-9-8-20(24(32)28-22)30-14-19-18(25(30)33)2-1-3-21(19)34-15-16-4-6-17(7-5-16)23-26(35-23)29-12-10-27-11-13-29/h1-7,20,23,26-27H,8-15H2,(H,28,31,32). The number of piperidine rings is 1. The second kappa shape index (κ2) is 9.07. The van der Waals surface area contributed by atoms with E-state index in [2.05, 4.69) is 39.8 Å². The molecule has 2 aromatic carbocycles. The molecule has 4 aliphatic rings. The lowest BCUT2D eigenvalue weighted by Gasteiger charge is -2.29. The number of ether oxygens (including phenoxy) is 2. The van der Waals surface area contributed by atoms with Gasteiger partial charge < -0.3 is 19.7 Å². The van der Waals surface area contributed by atoms with E-state index in [-0.39, 0.29) is 30.6 Å². The van der Waals surface area contributed by atoms with Crippen LogP contribution in [0.3, 0.4) is 0 Å². The van der Waals surface area contributed by atoms with Gasteiger partial charge in [0.2, 0.25) is 11.8 Å². The highest BCUT2D eigenvalue weighted by Gasteiger charge is 2.45. The predicted octanol–water partition coefficient (Wildman–Crippen LogP) is 1.33. The number of hydrogen-bond acceptors (Lipinski definition) is 7. The molecule has 0 aromatic heterocycles. The highest BCUT2D eigenvalue weighted by atomic mass is 16.6. The minimum absolute atomic E-state index is 0.129. The van der Waals surface area contributed by atoms with E-state index in [1.165, 1.54) is 5.56 Å². The zero-order valence-corrected chi connectivity index (χ0v) is 19.4. The fraction of sp³-hybridized carbons (Fsp3) is 0.423. The minimum Gasteiger partial charge on any atom is -0.489 e. The first-order chi connectivity index (χ1) is 17.1. The summed E-state index contributed by atoms with van der Waals surface area (Å²) in [5.74, 6) is -0.270. The number of amides is 3. The van der Waals surface area contributed by atoms with E-state index in [4.69, 9.17) is 9.47 Å². The Labute approximate surface area is 203 Å². The molecule has 3 fully saturated rings. The Kier molecular flexibility index (Phi) is 5.75. The summed E-state index contributed by atoms with van der Waals surface area (Å²) < 4.78 is 12.0. The fourth-order valence-electron chi connectivity index (χ4n) is 5.22. The number of fused-ring (bicyclic) bond motifs is 1. The zero-order chi connectivity index (χ0) is 23.9. The number of nitrogens with one attached hydrogen (secondary N) is 2. The van der Waals surface area contributed by atoms with Crippen molar-refractivity contribution in [1.82, 2.24) is 20.4 Å². The lowest BCUT2D eigenvalue weighted by molar-refractivity contribution is -0.136. The van der Waals surface area contributed by atoms with Crippen molar-refractivity contribution in [2.24, 2.45) is 0 Å². The van der Waals surface area contributed by atoms with Crippen molar-refractivity contribution in [3.63, 3.8) is 0 Å². The molecule has 3 atom stereocenters. The second-order valence-corrected chi connectivity index (χ2v) is 9.45. The van der Waals surface area contributed by atoms with Gasteiger partial charge in [-0.15, -0.1) is 0 Å². The van der Waals surface area contributed by atoms with Crippen LogP contribution in [0.25, 0.3) is 0 Å². The molecule has 3 amide bonds. The Morgan fingerprint density at radius 3 is 2.60 bits per heavy atom. The van der Waals surface area contributed by atoms with Crippen LogP contribution in [-0.2, 0) is 27.5 Å². The lowest BCUT2D eigenvalue weighted by Crippen LogP contribution is -2.52. The predicted molar refractivity (Wildman–Crippen MR) is 125 cm³/mol. The van der Waals surface area contributed by atoms with Crippen LogP contribution >= 0.6 is 0 Å². The highest BCUT2D eigenvalue weighted by molar-refractivity contribution is 6.05. The van der Waals surface area contributed by atoms with Crippen LogP contribution in [0.4, 0.5) is 0 Å². The zero-order valence-electron chi connectivity index (χ0n) is 19.4. The number of hydrogen-bond donors (Lipinski definition) is 2. The summed E-state index contributed by atoms with van der Waals surface area (Å²) in [6.07, 6.45) is 0.881. The third-order valence-corrected chi connectivity index (χ3v) is 7.22. The number of epoxide rings is 1. The van der Waals surface area contributed by atoms with Gasteiger partial charge in [-0.25, -0.2) is 0 Å². The van der Waals surface area contributed by atoms with Crippen molar-refractivity contribution >= 4 is 17.7 Å². The molecule has 0 radical (unpaired) electrons. The summed E-state index contributed by atoms with van der Waals surface area (Å²) in [7, 11) is 0. The molecule has 6 rings (SSSR count). The summed E-state index contributed by atoms with van der Waals surface area (Å²) in [6.45, 7) is 4.69. The van der Waals surface area contributed by atoms with Crippen molar-refractivity contribution in [3.05, 3.63) is 64.7 Å². The van der Waals surface area contributed by atoms with Crippen molar-refractivity contribution in [1.29, 1.82) is 0 Å². The number of carbonyl (C=O) groups excluding carboxylic acids is 3. The molecule has 0 spiro atoms. The first kappa shape index (κ1) is 22.2. The van der Waals surface area contributed by atoms with E-state index in [1.807, 2.05) is 6.07 Å². The molecule has 2 aromatic rings. The average Bonchev–Trinajstić information content (AvgIpc) is 3.61. The Hall–Kier alpha value is -3.27. The molecule has 0 aliphatic carbocycles. The smallest absolute Gasteiger partial charge is 0.255 e. The molecule has 4 aliphatic heterocycles. The largest absolute Gasteiger partial charge is 0.489 e. The second-order valence-electron chi connectivity index (χ2n) is 9.45. The van der Waals surface area contributed by atoms with E-state index in [9.17, 15) is 14.4 Å². The first-order valence-corrected chi connectivity index (χ1v) is 12.2. The molecular formula is C26H28N4O5. The summed E-state index contributed by atoms with van der Waals surface area (Å²) in [5.41, 5.74) is 3.52. The van der Waals surface area contributed by atoms with E-state index in [1.54, 1.807) is 17.0 Å². The molecular weight excluding hydrogens is 448 g/mol. The monoisotopic (exact) mass is 476 g/mol. The minimum atomic E-state index is -0.636. The van der Waals surface area contributed by atoms with Crippen LogP contribution in [0.2, 0.25) is 0 Å². The Balaban J connectivity index is 1.09. The average molecular weight is 477 g/mol. The Morgan fingerprint density at radius 1 is 1.03 bits per heavy atom. The lowest BCUT2D eigenvalue weighted by atomic mass is 10.0. The highest BCUT2D eigenvalue weighted by Crippen LogP contribution is 2.41. The van der Waals surface area contributed by atoms with Crippen LogP contribution in [-0.4, -0.2) is 66.0 Å². The number of benzene rings is 2. The van der Waals surface area contributed by atoms with Gasteiger partial charge in [-0.2, -0.15) is 0 Å². The van der Waals surface area contributed by atoms with Crippen molar-refractivity contribution in [2.45, 2.75) is 44.4 Å². The van der Waals surface area contributed by atoms with Crippen molar-refractivity contribution in [3.8, 4) is 5.75 Å². The summed E-state index contributed by atoms with van der Waals surface area (Å²) >= 11 is 0. The molecule has 4 heterocycles. The van der Waals surface area contributed by atoms with Crippen molar-refractivity contribution in [2.75, 3.05) is 26.2 Å². The van der Waals surface area contributed by atoms with E-state index < -0.39 is 11.9 Å². The third-order valence-electron chi connectivity index (χ3n) is 7.22. The van der Waals surface area contributed by atoms with Crippen LogP contribution in [0.15, 0.2) is 42.5 Å². The van der Waals surface area contributed by atoms with Crippen LogP contribution in [0.1, 0.15) is 46.0 Å². The quantitative estimate of drug-likeness (QED) is 0.479. The molecule has 182 valence electrons. The van der Waals surface area contributed by atoms with Gasteiger partial charge in [-0.05, 0) is 29.7 Å². The maximum Gasteiger partial charge on any atom is 0.255 e. The van der Waals surface area contributed by atoms with Crippen LogP contribution < -0.4 is 15.4 Å². The number of rotatable bonds is 6. The van der Waals surface area contributed by atoms with E-state index >= 15 is 0 Å². The third kappa shape index (κ3) is 4.31. The number of carbonyl (C=O) groups is 3. The van der Waals surface area contributed by atoms with Gasteiger partial charge in [0.1, 0.15) is 30.7 Å². The maximum atomic E-state index is 13.0. The Bertz CT molecular complexity index is 1160. The normalized spacial score (nSPS) is 26.5. The molecule has 3 unspecified atom stereocenters. The molecule has 35 heavy (non-hydrogen) atoms. The SMILES string of the molecule is O=C1CCC(N2Cc3c(OCc4ccc(C5OC5N5CCNCC5)cc4)cccc3C2=O)C(=O)N1. The molecule has 9 nitrogen and oxygen atoms in total. The molecule has 0 saturated carbocycles.